The molecule has 86 valence electrons. The van der Waals surface area contributed by atoms with E-state index in [4.69, 9.17) is 4.74 Å². The first-order chi connectivity index (χ1) is 7.23. The van der Waals surface area contributed by atoms with E-state index in [1.165, 1.54) is 37.7 Å². The summed E-state index contributed by atoms with van der Waals surface area (Å²) in [6.07, 6.45) is 6.62. The second-order valence-corrected chi connectivity index (χ2v) is 5.26. The zero-order valence-corrected chi connectivity index (χ0v) is 9.85. The Balaban J connectivity index is 1.94. The van der Waals surface area contributed by atoms with Crippen LogP contribution in [0.3, 0.4) is 0 Å². The van der Waals surface area contributed by atoms with E-state index in [2.05, 4.69) is 18.8 Å². The SMILES string of the molecule is C=C(C)CNC1CCCC12CCOCC2. The van der Waals surface area contributed by atoms with Crippen molar-refractivity contribution in [2.75, 3.05) is 19.8 Å². The van der Waals surface area contributed by atoms with Crippen molar-refractivity contribution >= 4 is 0 Å². The summed E-state index contributed by atoms with van der Waals surface area (Å²) in [5.41, 5.74) is 1.79. The molecular weight excluding hydrogens is 186 g/mol. The van der Waals surface area contributed by atoms with Gasteiger partial charge in [-0.15, -0.1) is 0 Å². The molecule has 1 saturated carbocycles. The highest BCUT2D eigenvalue weighted by atomic mass is 16.5. The molecule has 0 aromatic carbocycles. The zero-order chi connectivity index (χ0) is 10.7. The van der Waals surface area contributed by atoms with Crippen LogP contribution in [0.15, 0.2) is 12.2 Å². The quantitative estimate of drug-likeness (QED) is 0.721. The van der Waals surface area contributed by atoms with Crippen molar-refractivity contribution in [3.8, 4) is 0 Å². The van der Waals surface area contributed by atoms with Crippen LogP contribution in [0.1, 0.15) is 39.0 Å². The van der Waals surface area contributed by atoms with Gasteiger partial charge < -0.3 is 10.1 Å². The molecule has 0 radical (unpaired) electrons. The minimum atomic E-state index is 0.549. The maximum atomic E-state index is 5.48. The molecule has 0 aromatic rings. The molecule has 0 amide bonds. The van der Waals surface area contributed by atoms with Crippen LogP contribution in [0.5, 0.6) is 0 Å². The Bertz CT molecular complexity index is 231. The Morgan fingerprint density at radius 2 is 2.13 bits per heavy atom. The predicted molar refractivity (Wildman–Crippen MR) is 62.9 cm³/mol. The molecule has 1 unspecified atom stereocenters. The van der Waals surface area contributed by atoms with E-state index in [0.717, 1.165) is 19.8 Å². The van der Waals surface area contributed by atoms with Gasteiger partial charge in [0.15, 0.2) is 0 Å². The Kier molecular flexibility index (Phi) is 3.47. The monoisotopic (exact) mass is 209 g/mol. The van der Waals surface area contributed by atoms with E-state index >= 15 is 0 Å². The molecule has 2 rings (SSSR count). The van der Waals surface area contributed by atoms with Gasteiger partial charge in [0.1, 0.15) is 0 Å². The van der Waals surface area contributed by atoms with E-state index in [-0.39, 0.29) is 0 Å². The van der Waals surface area contributed by atoms with Crippen LogP contribution < -0.4 is 5.32 Å². The van der Waals surface area contributed by atoms with Crippen LogP contribution in [-0.2, 0) is 4.74 Å². The maximum absolute atomic E-state index is 5.48. The lowest BCUT2D eigenvalue weighted by Gasteiger charge is -2.39. The van der Waals surface area contributed by atoms with Crippen molar-refractivity contribution in [1.29, 1.82) is 0 Å². The first kappa shape index (κ1) is 11.2. The number of ether oxygens (including phenoxy) is 1. The van der Waals surface area contributed by atoms with Crippen LogP contribution in [0.25, 0.3) is 0 Å². The zero-order valence-electron chi connectivity index (χ0n) is 9.85. The minimum Gasteiger partial charge on any atom is -0.381 e. The molecule has 0 aromatic heterocycles. The molecule has 1 saturated heterocycles. The molecule has 1 aliphatic heterocycles. The van der Waals surface area contributed by atoms with Crippen molar-refractivity contribution in [2.24, 2.45) is 5.41 Å². The second kappa shape index (κ2) is 4.67. The van der Waals surface area contributed by atoms with Gasteiger partial charge in [-0.05, 0) is 38.0 Å². The summed E-state index contributed by atoms with van der Waals surface area (Å²) in [7, 11) is 0. The summed E-state index contributed by atoms with van der Waals surface area (Å²) in [5, 5.41) is 3.69. The standard InChI is InChI=1S/C13H23NO/c1-11(2)10-14-12-4-3-5-13(12)6-8-15-9-7-13/h12,14H,1,3-10H2,2H3. The lowest BCUT2D eigenvalue weighted by Crippen LogP contribution is -2.45. The van der Waals surface area contributed by atoms with Gasteiger partial charge in [-0.3, -0.25) is 0 Å². The van der Waals surface area contributed by atoms with E-state index in [1.807, 2.05) is 0 Å². The first-order valence-corrected chi connectivity index (χ1v) is 6.18. The largest absolute Gasteiger partial charge is 0.381 e. The highest BCUT2D eigenvalue weighted by Crippen LogP contribution is 2.45. The molecule has 2 aliphatic rings. The van der Waals surface area contributed by atoms with Gasteiger partial charge in [-0.1, -0.05) is 18.6 Å². The predicted octanol–water partition coefficient (Wildman–Crippen LogP) is 2.50. The molecule has 1 aliphatic carbocycles. The average Bonchev–Trinajstić information content (AvgIpc) is 2.59. The number of rotatable bonds is 3. The Labute approximate surface area is 93.1 Å². The van der Waals surface area contributed by atoms with Crippen LogP contribution in [0.4, 0.5) is 0 Å². The van der Waals surface area contributed by atoms with Crippen molar-refractivity contribution in [3.05, 3.63) is 12.2 Å². The molecular formula is C13H23NO. The third kappa shape index (κ3) is 2.43. The van der Waals surface area contributed by atoms with Gasteiger partial charge in [-0.2, -0.15) is 0 Å². The molecule has 1 spiro atoms. The van der Waals surface area contributed by atoms with Gasteiger partial charge in [0.25, 0.3) is 0 Å². The van der Waals surface area contributed by atoms with Crippen molar-refractivity contribution in [3.63, 3.8) is 0 Å². The fourth-order valence-electron chi connectivity index (χ4n) is 3.13. The molecule has 15 heavy (non-hydrogen) atoms. The molecule has 2 fully saturated rings. The highest BCUT2D eigenvalue weighted by Gasteiger charge is 2.43. The second-order valence-electron chi connectivity index (χ2n) is 5.26. The minimum absolute atomic E-state index is 0.549. The third-order valence-corrected chi connectivity index (χ3v) is 4.05. The summed E-state index contributed by atoms with van der Waals surface area (Å²) in [6.45, 7) is 8.96. The Hall–Kier alpha value is -0.340. The summed E-state index contributed by atoms with van der Waals surface area (Å²) in [5.74, 6) is 0. The van der Waals surface area contributed by atoms with Crippen LogP contribution in [0, 0.1) is 5.41 Å². The van der Waals surface area contributed by atoms with Gasteiger partial charge >= 0.3 is 0 Å². The molecule has 1 heterocycles. The summed E-state index contributed by atoms with van der Waals surface area (Å²) >= 11 is 0. The molecule has 0 bridgehead atoms. The van der Waals surface area contributed by atoms with Crippen LogP contribution >= 0.6 is 0 Å². The number of hydrogen-bond donors (Lipinski definition) is 1. The lowest BCUT2D eigenvalue weighted by molar-refractivity contribution is 0.00493. The summed E-state index contributed by atoms with van der Waals surface area (Å²) in [6, 6.07) is 0.707. The Morgan fingerprint density at radius 3 is 2.80 bits per heavy atom. The van der Waals surface area contributed by atoms with E-state index in [1.54, 1.807) is 0 Å². The molecule has 1 atom stereocenters. The van der Waals surface area contributed by atoms with E-state index in [0.29, 0.717) is 11.5 Å². The van der Waals surface area contributed by atoms with Crippen molar-refractivity contribution < 1.29 is 4.74 Å². The highest BCUT2D eigenvalue weighted by molar-refractivity contribution is 5.00. The van der Waals surface area contributed by atoms with Crippen LogP contribution in [0.2, 0.25) is 0 Å². The smallest absolute Gasteiger partial charge is 0.0471 e. The summed E-state index contributed by atoms with van der Waals surface area (Å²) in [4.78, 5) is 0. The van der Waals surface area contributed by atoms with Crippen molar-refractivity contribution in [2.45, 2.75) is 45.1 Å². The third-order valence-electron chi connectivity index (χ3n) is 4.05. The molecule has 2 nitrogen and oxygen atoms in total. The fourth-order valence-corrected chi connectivity index (χ4v) is 3.13. The van der Waals surface area contributed by atoms with Gasteiger partial charge in [-0.25, -0.2) is 0 Å². The van der Waals surface area contributed by atoms with Crippen LogP contribution in [-0.4, -0.2) is 25.8 Å². The fraction of sp³-hybridized carbons (Fsp3) is 0.846. The topological polar surface area (TPSA) is 21.3 Å². The summed E-state index contributed by atoms with van der Waals surface area (Å²) < 4.78 is 5.48. The van der Waals surface area contributed by atoms with Gasteiger partial charge in [0.05, 0.1) is 0 Å². The van der Waals surface area contributed by atoms with Crippen molar-refractivity contribution in [1.82, 2.24) is 5.32 Å². The number of nitrogens with one attached hydrogen (secondary N) is 1. The van der Waals surface area contributed by atoms with Gasteiger partial charge in [0, 0.05) is 25.8 Å². The maximum Gasteiger partial charge on any atom is 0.0471 e. The average molecular weight is 209 g/mol. The molecule has 2 heteroatoms. The van der Waals surface area contributed by atoms with Gasteiger partial charge in [0.2, 0.25) is 0 Å². The number of hydrogen-bond acceptors (Lipinski definition) is 2. The van der Waals surface area contributed by atoms with E-state index in [9.17, 15) is 0 Å². The first-order valence-electron chi connectivity index (χ1n) is 6.18. The normalized spacial score (nSPS) is 29.5. The Morgan fingerprint density at radius 1 is 1.40 bits per heavy atom. The lowest BCUT2D eigenvalue weighted by atomic mass is 9.75. The van der Waals surface area contributed by atoms with E-state index < -0.39 is 0 Å². The molecule has 1 N–H and O–H groups in total.